The Kier molecular flexibility index (Phi) is 2.72. The van der Waals surface area contributed by atoms with E-state index in [1.54, 1.807) is 0 Å². The van der Waals surface area contributed by atoms with Gasteiger partial charge in [0.1, 0.15) is 12.2 Å². The van der Waals surface area contributed by atoms with Crippen LogP contribution in [0.2, 0.25) is 0 Å². The Balaban J connectivity index is 2.96. The van der Waals surface area contributed by atoms with E-state index in [1.807, 2.05) is 0 Å². The average molecular weight is 214 g/mol. The molecule has 1 heterocycles. The SMILES string of the molecule is O=C(O)[C@@]1(F)O[C@@H](F)[C@H](O)[C@@H](O)[C@@H]1O. The van der Waals surface area contributed by atoms with Crippen LogP contribution in [-0.2, 0) is 9.53 Å². The number of carbonyl (C=O) groups is 1. The van der Waals surface area contributed by atoms with Gasteiger partial charge in [0.05, 0.1) is 0 Å². The van der Waals surface area contributed by atoms with E-state index in [4.69, 9.17) is 20.4 Å². The number of carboxylic acids is 1. The molecule has 0 radical (unpaired) electrons. The third-order valence-electron chi connectivity index (χ3n) is 1.90. The molecule has 82 valence electrons. The number of ether oxygens (including phenoxy) is 1. The van der Waals surface area contributed by atoms with Crippen molar-refractivity contribution in [2.75, 3.05) is 0 Å². The van der Waals surface area contributed by atoms with Gasteiger partial charge in [0.25, 0.3) is 0 Å². The fourth-order valence-electron chi connectivity index (χ4n) is 1.04. The van der Waals surface area contributed by atoms with E-state index in [-0.39, 0.29) is 0 Å². The maximum absolute atomic E-state index is 13.2. The lowest BCUT2D eigenvalue weighted by Crippen LogP contribution is -2.64. The molecule has 0 spiro atoms. The van der Waals surface area contributed by atoms with E-state index in [0.717, 1.165) is 0 Å². The van der Waals surface area contributed by atoms with Crippen LogP contribution in [0.25, 0.3) is 0 Å². The second kappa shape index (κ2) is 3.39. The van der Waals surface area contributed by atoms with E-state index in [9.17, 15) is 13.6 Å². The normalized spacial score (nSPS) is 48.9. The van der Waals surface area contributed by atoms with Crippen LogP contribution in [0.15, 0.2) is 0 Å². The predicted molar refractivity (Wildman–Crippen MR) is 35.5 cm³/mol. The Bertz CT molecular complexity index is 248. The third kappa shape index (κ3) is 1.46. The van der Waals surface area contributed by atoms with Gasteiger partial charge in [0, 0.05) is 0 Å². The first kappa shape index (κ1) is 11.2. The van der Waals surface area contributed by atoms with E-state index >= 15 is 0 Å². The molecule has 0 aromatic heterocycles. The molecule has 1 aliphatic heterocycles. The van der Waals surface area contributed by atoms with Crippen LogP contribution in [0.4, 0.5) is 8.78 Å². The van der Waals surface area contributed by atoms with E-state index in [1.165, 1.54) is 0 Å². The van der Waals surface area contributed by atoms with E-state index in [2.05, 4.69) is 4.74 Å². The van der Waals surface area contributed by atoms with Crippen molar-refractivity contribution in [1.82, 2.24) is 0 Å². The molecule has 1 fully saturated rings. The molecule has 0 bridgehead atoms. The van der Waals surface area contributed by atoms with Crippen LogP contribution in [0.1, 0.15) is 0 Å². The van der Waals surface area contributed by atoms with Gasteiger partial charge in [0.15, 0.2) is 6.10 Å². The summed E-state index contributed by atoms with van der Waals surface area (Å²) in [6, 6.07) is 0. The fourth-order valence-corrected chi connectivity index (χ4v) is 1.04. The molecule has 14 heavy (non-hydrogen) atoms. The standard InChI is InChI=1S/C6H8F2O6/c7-4-2(10)1(9)3(11)6(8,14-4)5(12)13/h1-4,9-11H,(H,12,13)/t1-,2-,3+,4-,6+/m1/s1. The highest BCUT2D eigenvalue weighted by Crippen LogP contribution is 2.32. The first-order valence-electron chi connectivity index (χ1n) is 3.59. The van der Waals surface area contributed by atoms with Crippen molar-refractivity contribution in [1.29, 1.82) is 0 Å². The highest BCUT2D eigenvalue weighted by atomic mass is 19.2. The van der Waals surface area contributed by atoms with Gasteiger partial charge in [-0.25, -0.2) is 9.18 Å². The first-order valence-corrected chi connectivity index (χ1v) is 3.59. The molecule has 1 aliphatic rings. The summed E-state index contributed by atoms with van der Waals surface area (Å²) < 4.78 is 29.4. The van der Waals surface area contributed by atoms with Gasteiger partial charge >= 0.3 is 11.8 Å². The van der Waals surface area contributed by atoms with Crippen LogP contribution >= 0.6 is 0 Å². The number of alkyl halides is 2. The van der Waals surface area contributed by atoms with Crippen LogP contribution in [0, 0.1) is 0 Å². The van der Waals surface area contributed by atoms with Crippen molar-refractivity contribution in [3.63, 3.8) is 0 Å². The van der Waals surface area contributed by atoms with Crippen molar-refractivity contribution in [3.05, 3.63) is 0 Å². The molecule has 0 aromatic rings. The van der Waals surface area contributed by atoms with E-state index in [0.29, 0.717) is 0 Å². The third-order valence-corrected chi connectivity index (χ3v) is 1.90. The van der Waals surface area contributed by atoms with Gasteiger partial charge in [-0.2, -0.15) is 4.39 Å². The van der Waals surface area contributed by atoms with Gasteiger partial charge in [-0.05, 0) is 0 Å². The first-order chi connectivity index (χ1) is 6.30. The lowest BCUT2D eigenvalue weighted by Gasteiger charge is -2.38. The Morgan fingerprint density at radius 3 is 2.21 bits per heavy atom. The predicted octanol–water partition coefficient (Wildman–Crippen LogP) is -1.85. The Hall–Kier alpha value is -0.830. The van der Waals surface area contributed by atoms with Gasteiger partial charge in [0.2, 0.25) is 6.36 Å². The summed E-state index contributed by atoms with van der Waals surface area (Å²) in [4.78, 5) is 10.3. The fraction of sp³-hybridized carbons (Fsp3) is 0.833. The molecule has 0 aliphatic carbocycles. The largest absolute Gasteiger partial charge is 0.477 e. The van der Waals surface area contributed by atoms with Gasteiger partial charge in [-0.1, -0.05) is 0 Å². The van der Waals surface area contributed by atoms with Crippen LogP contribution in [0.5, 0.6) is 0 Å². The molecule has 6 nitrogen and oxygen atoms in total. The lowest BCUT2D eigenvalue weighted by molar-refractivity contribution is -0.332. The number of aliphatic hydroxyl groups excluding tert-OH is 3. The molecule has 1 saturated heterocycles. The molecule has 0 amide bonds. The zero-order valence-electron chi connectivity index (χ0n) is 6.67. The highest BCUT2D eigenvalue weighted by molar-refractivity contribution is 5.76. The zero-order valence-corrected chi connectivity index (χ0v) is 6.67. The van der Waals surface area contributed by atoms with Crippen molar-refractivity contribution in [3.8, 4) is 0 Å². The number of carboxylic acid groups (broad SMARTS) is 1. The van der Waals surface area contributed by atoms with Crippen molar-refractivity contribution in [2.45, 2.75) is 30.5 Å². The number of aliphatic hydroxyl groups is 3. The summed E-state index contributed by atoms with van der Waals surface area (Å²) in [5, 5.41) is 34.8. The Morgan fingerprint density at radius 1 is 1.29 bits per heavy atom. The molecule has 1 rings (SSSR count). The van der Waals surface area contributed by atoms with Crippen LogP contribution in [0.3, 0.4) is 0 Å². The minimum absolute atomic E-state index is 2.19. The van der Waals surface area contributed by atoms with Gasteiger partial charge in [-0.15, -0.1) is 0 Å². The maximum Gasteiger partial charge on any atom is 0.372 e. The minimum Gasteiger partial charge on any atom is -0.477 e. The second-order valence-corrected chi connectivity index (χ2v) is 2.85. The molecular weight excluding hydrogens is 206 g/mol. The second-order valence-electron chi connectivity index (χ2n) is 2.85. The molecular formula is C6H8F2O6. The summed E-state index contributed by atoms with van der Waals surface area (Å²) in [7, 11) is 0. The smallest absolute Gasteiger partial charge is 0.372 e. The number of aliphatic carboxylic acids is 1. The zero-order chi connectivity index (χ0) is 11.1. The summed E-state index contributed by atoms with van der Waals surface area (Å²) in [6.45, 7) is 0. The number of hydrogen-bond acceptors (Lipinski definition) is 5. The van der Waals surface area contributed by atoms with Gasteiger partial charge in [-0.3, -0.25) is 4.74 Å². The Morgan fingerprint density at radius 2 is 1.79 bits per heavy atom. The Labute approximate surface area is 76.3 Å². The quantitative estimate of drug-likeness (QED) is 0.408. The van der Waals surface area contributed by atoms with Gasteiger partial charge < -0.3 is 20.4 Å². The summed E-state index contributed by atoms with van der Waals surface area (Å²) in [5.41, 5.74) is 0. The van der Waals surface area contributed by atoms with Crippen LogP contribution in [-0.4, -0.2) is 56.9 Å². The monoisotopic (exact) mass is 214 g/mol. The molecule has 4 N–H and O–H groups in total. The molecule has 8 heteroatoms. The summed E-state index contributed by atoms with van der Waals surface area (Å²) >= 11 is 0. The van der Waals surface area contributed by atoms with Crippen LogP contribution < -0.4 is 0 Å². The van der Waals surface area contributed by atoms with Crippen molar-refractivity contribution in [2.24, 2.45) is 0 Å². The minimum atomic E-state index is -3.75. The topological polar surface area (TPSA) is 107 Å². The summed E-state index contributed by atoms with van der Waals surface area (Å²) in [5.74, 6) is -6.03. The van der Waals surface area contributed by atoms with E-state index < -0.39 is 36.5 Å². The number of halogens is 2. The maximum atomic E-state index is 13.2. The van der Waals surface area contributed by atoms with Crippen molar-refractivity contribution < 1.29 is 38.7 Å². The molecule has 5 atom stereocenters. The van der Waals surface area contributed by atoms with Crippen molar-refractivity contribution >= 4 is 5.97 Å². The highest BCUT2D eigenvalue weighted by Gasteiger charge is 2.59. The number of rotatable bonds is 1. The average Bonchev–Trinajstić information content (AvgIpc) is 2.11. The summed E-state index contributed by atoms with van der Waals surface area (Å²) in [6.07, 6.45) is -9.72. The molecule has 0 saturated carbocycles. The number of hydrogen-bond donors (Lipinski definition) is 4. The lowest BCUT2D eigenvalue weighted by atomic mass is 9.97. The molecule has 0 unspecified atom stereocenters. The molecule has 0 aromatic carbocycles.